The minimum atomic E-state index is -0.0996. The van der Waals surface area contributed by atoms with Crippen LogP contribution in [0.4, 0.5) is 0 Å². The van der Waals surface area contributed by atoms with Crippen molar-refractivity contribution in [2.24, 2.45) is 17.8 Å². The van der Waals surface area contributed by atoms with Crippen LogP contribution in [0.15, 0.2) is 23.1 Å². The Morgan fingerprint density at radius 1 is 1.39 bits per heavy atom. The molecule has 1 aromatic rings. The largest absolute Gasteiger partial charge is 0.490 e. The van der Waals surface area contributed by atoms with Gasteiger partial charge in [-0.2, -0.15) is 0 Å². The van der Waals surface area contributed by atoms with E-state index in [1.165, 1.54) is 18.9 Å². The van der Waals surface area contributed by atoms with E-state index >= 15 is 0 Å². The Hall–Kier alpha value is -1.25. The van der Waals surface area contributed by atoms with Gasteiger partial charge in [0.25, 0.3) is 5.56 Å². The van der Waals surface area contributed by atoms with Gasteiger partial charge in [-0.3, -0.25) is 4.79 Å². The molecule has 2 unspecified atom stereocenters. The monoisotopic (exact) mass is 249 g/mol. The van der Waals surface area contributed by atoms with Crippen LogP contribution in [0, 0.1) is 17.8 Å². The number of nitrogens with one attached hydrogen (secondary N) is 1. The van der Waals surface area contributed by atoms with E-state index in [2.05, 4.69) is 25.8 Å². The van der Waals surface area contributed by atoms with E-state index in [0.29, 0.717) is 23.5 Å². The van der Waals surface area contributed by atoms with Crippen LogP contribution in [0.1, 0.15) is 40.0 Å². The van der Waals surface area contributed by atoms with Crippen molar-refractivity contribution in [1.82, 2.24) is 4.98 Å². The van der Waals surface area contributed by atoms with E-state index < -0.39 is 0 Å². The second-order valence-electron chi connectivity index (χ2n) is 5.87. The van der Waals surface area contributed by atoms with E-state index in [9.17, 15) is 4.79 Å². The summed E-state index contributed by atoms with van der Waals surface area (Å²) in [5.41, 5.74) is -0.0996. The van der Waals surface area contributed by atoms with E-state index in [-0.39, 0.29) is 11.7 Å². The lowest BCUT2D eigenvalue weighted by molar-refractivity contribution is 0.0459. The lowest BCUT2D eigenvalue weighted by Crippen LogP contribution is -2.36. The standard InChI is InChI=1S/C15H23NO2/c1-10(2)13-5-4-11(3)8-14(13)18-12-6-7-16-15(17)9-12/h6-7,9-11,13-14H,4-5,8H2,1-3H3,(H,16,17)/t11-,13?,14?/m0/s1. The summed E-state index contributed by atoms with van der Waals surface area (Å²) in [4.78, 5) is 13.9. The fourth-order valence-corrected chi connectivity index (χ4v) is 2.92. The maximum atomic E-state index is 11.3. The summed E-state index contributed by atoms with van der Waals surface area (Å²) < 4.78 is 6.06. The van der Waals surface area contributed by atoms with Crippen LogP contribution in [0.5, 0.6) is 5.75 Å². The van der Waals surface area contributed by atoms with Gasteiger partial charge in [0.2, 0.25) is 0 Å². The summed E-state index contributed by atoms with van der Waals surface area (Å²) in [6.45, 7) is 6.80. The average Bonchev–Trinajstić information content (AvgIpc) is 2.28. The summed E-state index contributed by atoms with van der Waals surface area (Å²) in [5, 5.41) is 0. The number of hydrogen-bond acceptors (Lipinski definition) is 2. The van der Waals surface area contributed by atoms with Crippen molar-refractivity contribution in [3.05, 3.63) is 28.7 Å². The van der Waals surface area contributed by atoms with E-state index in [4.69, 9.17) is 4.74 Å². The van der Waals surface area contributed by atoms with Gasteiger partial charge < -0.3 is 9.72 Å². The lowest BCUT2D eigenvalue weighted by Gasteiger charge is -2.37. The molecule has 1 aliphatic carbocycles. The number of ether oxygens (including phenoxy) is 1. The Kier molecular flexibility index (Phi) is 4.10. The van der Waals surface area contributed by atoms with Crippen LogP contribution in [0.25, 0.3) is 0 Å². The van der Waals surface area contributed by atoms with Gasteiger partial charge in [0.1, 0.15) is 11.9 Å². The first-order valence-corrected chi connectivity index (χ1v) is 6.91. The zero-order chi connectivity index (χ0) is 13.1. The SMILES string of the molecule is CC(C)C1CC[C@H](C)CC1Oc1cc[nH]c(=O)c1. The number of rotatable bonds is 3. The Bertz CT molecular complexity index is 438. The molecule has 1 heterocycles. The third-order valence-corrected chi connectivity index (χ3v) is 4.00. The highest BCUT2D eigenvalue weighted by Gasteiger charge is 2.32. The van der Waals surface area contributed by atoms with Crippen LogP contribution < -0.4 is 10.3 Å². The summed E-state index contributed by atoms with van der Waals surface area (Å²) in [6.07, 6.45) is 5.50. The van der Waals surface area contributed by atoms with Gasteiger partial charge in [0.05, 0.1) is 0 Å². The first kappa shape index (κ1) is 13.2. The Labute approximate surface area is 109 Å². The molecule has 2 rings (SSSR count). The molecule has 1 N–H and O–H groups in total. The van der Waals surface area contributed by atoms with Crippen molar-refractivity contribution in [1.29, 1.82) is 0 Å². The molecule has 0 spiro atoms. The topological polar surface area (TPSA) is 42.1 Å². The van der Waals surface area contributed by atoms with Crippen LogP contribution >= 0.6 is 0 Å². The van der Waals surface area contributed by atoms with Crippen LogP contribution in [0.2, 0.25) is 0 Å². The fraction of sp³-hybridized carbons (Fsp3) is 0.667. The predicted octanol–water partition coefficient (Wildman–Crippen LogP) is 3.21. The van der Waals surface area contributed by atoms with Gasteiger partial charge in [-0.1, -0.05) is 27.2 Å². The van der Waals surface area contributed by atoms with Crippen LogP contribution in [-0.2, 0) is 0 Å². The van der Waals surface area contributed by atoms with Crippen molar-refractivity contribution in [2.75, 3.05) is 0 Å². The molecule has 0 amide bonds. The number of aromatic nitrogens is 1. The lowest BCUT2D eigenvalue weighted by atomic mass is 9.75. The van der Waals surface area contributed by atoms with Gasteiger partial charge in [-0.25, -0.2) is 0 Å². The molecule has 3 nitrogen and oxygen atoms in total. The Morgan fingerprint density at radius 2 is 2.17 bits per heavy atom. The molecule has 3 heteroatoms. The van der Waals surface area contributed by atoms with Gasteiger partial charge in [0, 0.05) is 12.3 Å². The zero-order valence-corrected chi connectivity index (χ0v) is 11.5. The predicted molar refractivity (Wildman–Crippen MR) is 72.8 cm³/mol. The molecule has 3 atom stereocenters. The molecule has 1 aromatic heterocycles. The van der Waals surface area contributed by atoms with Crippen molar-refractivity contribution in [2.45, 2.75) is 46.1 Å². The maximum Gasteiger partial charge on any atom is 0.251 e. The van der Waals surface area contributed by atoms with E-state index in [1.807, 2.05) is 6.07 Å². The van der Waals surface area contributed by atoms with Gasteiger partial charge in [-0.05, 0) is 36.7 Å². The summed E-state index contributed by atoms with van der Waals surface area (Å²) >= 11 is 0. The molecule has 100 valence electrons. The molecular weight excluding hydrogens is 226 g/mol. The summed E-state index contributed by atoms with van der Waals surface area (Å²) in [5.74, 6) is 2.64. The number of H-pyrrole nitrogens is 1. The highest BCUT2D eigenvalue weighted by Crippen LogP contribution is 2.35. The molecule has 1 aliphatic rings. The minimum Gasteiger partial charge on any atom is -0.490 e. The zero-order valence-electron chi connectivity index (χ0n) is 11.5. The van der Waals surface area contributed by atoms with Gasteiger partial charge in [0.15, 0.2) is 0 Å². The minimum absolute atomic E-state index is 0.0996. The molecular formula is C15H23NO2. The summed E-state index contributed by atoms with van der Waals surface area (Å²) in [6, 6.07) is 3.37. The van der Waals surface area contributed by atoms with E-state index in [0.717, 1.165) is 6.42 Å². The van der Waals surface area contributed by atoms with Crippen molar-refractivity contribution < 1.29 is 4.74 Å². The Morgan fingerprint density at radius 3 is 2.83 bits per heavy atom. The fourth-order valence-electron chi connectivity index (χ4n) is 2.92. The average molecular weight is 249 g/mol. The first-order chi connectivity index (χ1) is 8.56. The van der Waals surface area contributed by atoms with Crippen molar-refractivity contribution in [3.8, 4) is 5.75 Å². The molecule has 0 aromatic carbocycles. The molecule has 18 heavy (non-hydrogen) atoms. The molecule has 0 aliphatic heterocycles. The normalized spacial score (nSPS) is 28.3. The van der Waals surface area contributed by atoms with Crippen molar-refractivity contribution in [3.63, 3.8) is 0 Å². The second-order valence-corrected chi connectivity index (χ2v) is 5.87. The first-order valence-electron chi connectivity index (χ1n) is 6.91. The number of pyridine rings is 1. The molecule has 1 fully saturated rings. The highest BCUT2D eigenvalue weighted by molar-refractivity contribution is 5.17. The molecule has 0 saturated heterocycles. The molecule has 1 saturated carbocycles. The quantitative estimate of drug-likeness (QED) is 0.893. The molecule has 0 radical (unpaired) electrons. The van der Waals surface area contributed by atoms with Crippen LogP contribution in [0.3, 0.4) is 0 Å². The van der Waals surface area contributed by atoms with E-state index in [1.54, 1.807) is 6.20 Å². The van der Waals surface area contributed by atoms with Crippen LogP contribution in [-0.4, -0.2) is 11.1 Å². The number of aromatic amines is 1. The maximum absolute atomic E-state index is 11.3. The van der Waals surface area contributed by atoms with Gasteiger partial charge in [-0.15, -0.1) is 0 Å². The van der Waals surface area contributed by atoms with Gasteiger partial charge >= 0.3 is 0 Å². The van der Waals surface area contributed by atoms with Crippen molar-refractivity contribution >= 4 is 0 Å². The Balaban J connectivity index is 2.11. The summed E-state index contributed by atoms with van der Waals surface area (Å²) in [7, 11) is 0. The molecule has 0 bridgehead atoms. The smallest absolute Gasteiger partial charge is 0.251 e. The highest BCUT2D eigenvalue weighted by atomic mass is 16.5. The second kappa shape index (κ2) is 5.59. The third-order valence-electron chi connectivity index (χ3n) is 4.00. The number of hydrogen-bond donors (Lipinski definition) is 1. The third kappa shape index (κ3) is 3.15.